The fraction of sp³-hybridized carbons (Fsp3) is 0.0513. The van der Waals surface area contributed by atoms with Crippen LogP contribution < -0.4 is 4.90 Å². The normalized spacial score (nSPS) is 17.5. The second-order valence-corrected chi connectivity index (χ2v) is 11.2. The third-order valence-corrected chi connectivity index (χ3v) is 8.93. The Morgan fingerprint density at radius 2 is 1.38 bits per heavy atom. The summed E-state index contributed by atoms with van der Waals surface area (Å²) in [6.45, 7) is 0. The summed E-state index contributed by atoms with van der Waals surface area (Å²) in [5.41, 5.74) is 9.39. The number of para-hydroxylation sites is 3. The molecule has 2 atom stereocenters. The maximum Gasteiger partial charge on any atom is 0.146 e. The zero-order chi connectivity index (χ0) is 27.6. The van der Waals surface area contributed by atoms with E-state index in [0.717, 1.165) is 17.0 Å². The van der Waals surface area contributed by atoms with Gasteiger partial charge in [0.2, 0.25) is 0 Å². The quantitative estimate of drug-likeness (QED) is 0.224. The molecule has 7 aromatic rings. The number of pyridine rings is 1. The van der Waals surface area contributed by atoms with E-state index in [1.807, 2.05) is 0 Å². The molecule has 0 N–H and O–H groups in total. The van der Waals surface area contributed by atoms with Crippen LogP contribution in [0.4, 0.5) is 11.4 Å². The first kappa shape index (κ1) is 23.3. The van der Waals surface area contributed by atoms with Gasteiger partial charge in [-0.2, -0.15) is 0 Å². The number of hydrogen-bond acceptors (Lipinski definition) is 2. The van der Waals surface area contributed by atoms with Crippen molar-refractivity contribution in [1.82, 2.24) is 9.55 Å². The molecule has 42 heavy (non-hydrogen) atoms. The molecule has 198 valence electrons. The number of aromatic nitrogens is 2. The zero-order valence-electron chi connectivity index (χ0n) is 22.9. The lowest BCUT2D eigenvalue weighted by molar-refractivity contribution is 0.757. The summed E-state index contributed by atoms with van der Waals surface area (Å²) in [6.07, 6.45) is 6.84. The third-order valence-electron chi connectivity index (χ3n) is 8.93. The molecule has 3 nitrogen and oxygen atoms in total. The van der Waals surface area contributed by atoms with E-state index in [-0.39, 0.29) is 12.0 Å². The van der Waals surface area contributed by atoms with E-state index < -0.39 is 0 Å². The number of nitrogens with zero attached hydrogens (tertiary/aromatic N) is 3. The molecular formula is C39H27N3. The Balaban J connectivity index is 1.22. The Morgan fingerprint density at radius 1 is 0.595 bits per heavy atom. The third kappa shape index (κ3) is 3.37. The predicted octanol–water partition coefficient (Wildman–Crippen LogP) is 9.59. The molecule has 2 aliphatic rings. The highest BCUT2D eigenvalue weighted by atomic mass is 15.2. The molecule has 2 aromatic heterocycles. The van der Waals surface area contributed by atoms with Gasteiger partial charge in [-0.1, -0.05) is 103 Å². The summed E-state index contributed by atoms with van der Waals surface area (Å²) in [7, 11) is 0. The van der Waals surface area contributed by atoms with Crippen LogP contribution in [0.15, 0.2) is 152 Å². The average Bonchev–Trinajstić information content (AvgIpc) is 3.57. The van der Waals surface area contributed by atoms with Crippen molar-refractivity contribution in [2.24, 2.45) is 0 Å². The van der Waals surface area contributed by atoms with E-state index in [0.29, 0.717) is 0 Å². The smallest absolute Gasteiger partial charge is 0.146 e. The van der Waals surface area contributed by atoms with Gasteiger partial charge in [0.1, 0.15) is 5.65 Å². The maximum atomic E-state index is 5.43. The Labute approximate surface area is 244 Å². The molecule has 1 aliphatic heterocycles. The van der Waals surface area contributed by atoms with Crippen molar-refractivity contribution < 1.29 is 0 Å². The van der Waals surface area contributed by atoms with Crippen molar-refractivity contribution in [3.8, 4) is 5.69 Å². The second-order valence-electron chi connectivity index (χ2n) is 11.2. The topological polar surface area (TPSA) is 21.1 Å². The van der Waals surface area contributed by atoms with Gasteiger partial charge in [-0.25, -0.2) is 4.98 Å². The van der Waals surface area contributed by atoms with Crippen molar-refractivity contribution in [2.45, 2.75) is 12.0 Å². The van der Waals surface area contributed by atoms with Crippen LogP contribution in [0.5, 0.6) is 0 Å². The molecule has 0 saturated heterocycles. The van der Waals surface area contributed by atoms with Gasteiger partial charge in [-0.15, -0.1) is 0 Å². The highest BCUT2D eigenvalue weighted by molar-refractivity contribution is 6.08. The Morgan fingerprint density at radius 3 is 2.31 bits per heavy atom. The van der Waals surface area contributed by atoms with Crippen LogP contribution in [0, 0.1) is 0 Å². The summed E-state index contributed by atoms with van der Waals surface area (Å²) in [4.78, 5) is 7.94. The van der Waals surface area contributed by atoms with Crippen LogP contribution in [-0.4, -0.2) is 15.6 Å². The molecule has 3 heteroatoms. The first-order valence-corrected chi connectivity index (χ1v) is 14.6. The van der Waals surface area contributed by atoms with Gasteiger partial charge in [0.25, 0.3) is 0 Å². The number of hydrogen-bond donors (Lipinski definition) is 0. The number of fused-ring (bicyclic) bond motifs is 7. The molecule has 0 bridgehead atoms. The van der Waals surface area contributed by atoms with Crippen molar-refractivity contribution in [1.29, 1.82) is 0 Å². The zero-order valence-corrected chi connectivity index (χ0v) is 22.9. The summed E-state index contributed by atoms with van der Waals surface area (Å²) in [5, 5.41) is 4.91. The summed E-state index contributed by atoms with van der Waals surface area (Å²) in [5.74, 6) is 0.178. The van der Waals surface area contributed by atoms with Gasteiger partial charge in [0, 0.05) is 33.8 Å². The van der Waals surface area contributed by atoms with Gasteiger partial charge in [-0.3, -0.25) is 4.57 Å². The number of allylic oxidation sites excluding steroid dienone is 2. The van der Waals surface area contributed by atoms with Crippen molar-refractivity contribution >= 4 is 49.7 Å². The first-order valence-electron chi connectivity index (χ1n) is 14.6. The summed E-state index contributed by atoms with van der Waals surface area (Å²) >= 11 is 0. The largest absolute Gasteiger partial charge is 0.333 e. The molecule has 5 aromatic carbocycles. The minimum atomic E-state index is 0.168. The standard InChI is InChI=1S/C39H27N3/c1-2-13-28(14-3-1)42-35-18-8-6-15-30(35)31-23-24-34(40-39(31)42)32-17-10-20-37-38(32)33-16-7-9-19-36(33)41(37)29-22-21-26-11-4-5-12-27(26)25-29/h1-25,37-38H. The van der Waals surface area contributed by atoms with Gasteiger partial charge in [-0.05, 0) is 70.4 Å². The fourth-order valence-corrected chi connectivity index (χ4v) is 7.11. The summed E-state index contributed by atoms with van der Waals surface area (Å²) in [6, 6.07) is 48.1. The van der Waals surface area contributed by atoms with Crippen LogP contribution >= 0.6 is 0 Å². The molecule has 0 fully saturated rings. The van der Waals surface area contributed by atoms with Crippen molar-refractivity contribution in [3.63, 3.8) is 0 Å². The fourth-order valence-electron chi connectivity index (χ4n) is 7.11. The molecule has 0 saturated carbocycles. The Hall–Kier alpha value is -5.41. The molecular weight excluding hydrogens is 510 g/mol. The van der Waals surface area contributed by atoms with Crippen molar-refractivity contribution in [2.75, 3.05) is 4.90 Å². The van der Waals surface area contributed by atoms with E-state index in [4.69, 9.17) is 4.98 Å². The first-order chi connectivity index (χ1) is 20.8. The van der Waals surface area contributed by atoms with Crippen LogP contribution in [-0.2, 0) is 0 Å². The van der Waals surface area contributed by atoms with Gasteiger partial charge < -0.3 is 4.90 Å². The molecule has 0 amide bonds. The second kappa shape index (κ2) is 9.05. The van der Waals surface area contributed by atoms with E-state index in [9.17, 15) is 0 Å². The van der Waals surface area contributed by atoms with Gasteiger partial charge in [0.05, 0.1) is 17.3 Å². The number of anilines is 2. The van der Waals surface area contributed by atoms with E-state index in [1.54, 1.807) is 0 Å². The van der Waals surface area contributed by atoms with Crippen LogP contribution in [0.2, 0.25) is 0 Å². The molecule has 9 rings (SSSR count). The minimum Gasteiger partial charge on any atom is -0.333 e. The monoisotopic (exact) mass is 537 g/mol. The minimum absolute atomic E-state index is 0.168. The van der Waals surface area contributed by atoms with Crippen LogP contribution in [0.3, 0.4) is 0 Å². The molecule has 1 aliphatic carbocycles. The predicted molar refractivity (Wildman–Crippen MR) is 175 cm³/mol. The van der Waals surface area contributed by atoms with Crippen LogP contribution in [0.1, 0.15) is 17.2 Å². The summed E-state index contributed by atoms with van der Waals surface area (Å²) < 4.78 is 2.30. The molecule has 2 unspecified atom stereocenters. The molecule has 3 heterocycles. The molecule has 0 spiro atoms. The SMILES string of the molecule is C1=CC2C(C(c3ccc4c5ccccc5n(-c5ccccc5)c4n3)=C1)c1ccccc1N2c1ccc2ccccc2c1. The Kier molecular flexibility index (Phi) is 5.02. The van der Waals surface area contributed by atoms with Crippen LogP contribution in [0.25, 0.3) is 44.0 Å². The number of benzene rings is 5. The highest BCUT2D eigenvalue weighted by Gasteiger charge is 2.41. The lowest BCUT2D eigenvalue weighted by atomic mass is 9.82. The lowest BCUT2D eigenvalue weighted by Crippen LogP contribution is -2.30. The Bertz CT molecular complexity index is 2220. The van der Waals surface area contributed by atoms with Gasteiger partial charge >= 0.3 is 0 Å². The van der Waals surface area contributed by atoms with E-state index in [1.165, 1.54) is 49.6 Å². The number of rotatable bonds is 3. The maximum absolute atomic E-state index is 5.43. The van der Waals surface area contributed by atoms with E-state index >= 15 is 0 Å². The highest BCUT2D eigenvalue weighted by Crippen LogP contribution is 2.52. The average molecular weight is 538 g/mol. The lowest BCUT2D eigenvalue weighted by Gasteiger charge is -2.31. The van der Waals surface area contributed by atoms with E-state index in [2.05, 4.69) is 161 Å². The molecule has 0 radical (unpaired) electrons. The van der Waals surface area contributed by atoms with Crippen molar-refractivity contribution in [3.05, 3.63) is 163 Å². The van der Waals surface area contributed by atoms with Gasteiger partial charge in [0.15, 0.2) is 0 Å².